The number of fused-ring (bicyclic) bond motifs is 1. The molecule has 2 aromatic rings. The van der Waals surface area contributed by atoms with E-state index in [9.17, 15) is 0 Å². The van der Waals surface area contributed by atoms with E-state index in [1.807, 2.05) is 36.4 Å². The zero-order valence-electron chi connectivity index (χ0n) is 11.2. The molecule has 1 heterocycles. The molecule has 4 heteroatoms. The summed E-state index contributed by atoms with van der Waals surface area (Å²) in [7, 11) is 0. The molecule has 0 unspecified atom stereocenters. The van der Waals surface area contributed by atoms with Gasteiger partial charge in [-0.25, -0.2) is 0 Å². The number of rotatable bonds is 4. The predicted molar refractivity (Wildman–Crippen MR) is 83.7 cm³/mol. The number of ether oxygens (including phenoxy) is 1. The minimum Gasteiger partial charge on any atom is -0.492 e. The molecule has 0 bridgehead atoms. The third kappa shape index (κ3) is 2.83. The molecule has 0 saturated carbocycles. The molecule has 1 aliphatic rings. The van der Waals surface area contributed by atoms with E-state index in [1.54, 1.807) is 0 Å². The Morgan fingerprint density at radius 1 is 1.15 bits per heavy atom. The predicted octanol–water partition coefficient (Wildman–Crippen LogP) is 3.36. The zero-order chi connectivity index (χ0) is 13.9. The van der Waals surface area contributed by atoms with E-state index in [-0.39, 0.29) is 0 Å². The number of nitrogens with two attached hydrogens (primary N) is 1. The van der Waals surface area contributed by atoms with Gasteiger partial charge in [-0.05, 0) is 48.4 Å². The van der Waals surface area contributed by atoms with Crippen LogP contribution >= 0.6 is 11.6 Å². The van der Waals surface area contributed by atoms with E-state index in [0.717, 1.165) is 36.0 Å². The highest BCUT2D eigenvalue weighted by molar-refractivity contribution is 6.30. The fraction of sp³-hybridized carbons (Fsp3) is 0.250. The number of nitrogens with zero attached hydrogens (tertiary/aromatic N) is 1. The fourth-order valence-electron chi connectivity index (χ4n) is 2.50. The third-order valence-electron chi connectivity index (χ3n) is 3.54. The van der Waals surface area contributed by atoms with Crippen LogP contribution in [0.5, 0.6) is 5.75 Å². The molecule has 0 aliphatic carbocycles. The van der Waals surface area contributed by atoms with Crippen LogP contribution in [0, 0.1) is 0 Å². The van der Waals surface area contributed by atoms with E-state index in [0.29, 0.717) is 6.61 Å². The summed E-state index contributed by atoms with van der Waals surface area (Å²) in [6.07, 6.45) is 1.08. The van der Waals surface area contributed by atoms with E-state index in [2.05, 4.69) is 11.0 Å². The van der Waals surface area contributed by atoms with Gasteiger partial charge in [0.05, 0.1) is 6.54 Å². The molecule has 0 aromatic heterocycles. The van der Waals surface area contributed by atoms with Crippen molar-refractivity contribution in [2.75, 3.05) is 30.3 Å². The Bertz CT molecular complexity index is 598. The van der Waals surface area contributed by atoms with E-state index in [1.165, 1.54) is 11.3 Å². The Morgan fingerprint density at radius 3 is 2.75 bits per heavy atom. The van der Waals surface area contributed by atoms with Gasteiger partial charge in [0.25, 0.3) is 0 Å². The summed E-state index contributed by atoms with van der Waals surface area (Å²) in [5, 5.41) is 0.723. The topological polar surface area (TPSA) is 38.5 Å². The van der Waals surface area contributed by atoms with Crippen LogP contribution in [0.15, 0.2) is 42.5 Å². The van der Waals surface area contributed by atoms with E-state index >= 15 is 0 Å². The minimum atomic E-state index is 0.649. The van der Waals surface area contributed by atoms with Crippen molar-refractivity contribution < 1.29 is 4.74 Å². The maximum absolute atomic E-state index is 5.86. The van der Waals surface area contributed by atoms with Crippen molar-refractivity contribution in [2.24, 2.45) is 0 Å². The van der Waals surface area contributed by atoms with Crippen LogP contribution in [0.4, 0.5) is 11.4 Å². The summed E-state index contributed by atoms with van der Waals surface area (Å²) < 4.78 is 5.74. The molecule has 0 fully saturated rings. The number of hydrogen-bond acceptors (Lipinski definition) is 3. The summed E-state index contributed by atoms with van der Waals surface area (Å²) in [4.78, 5) is 2.32. The lowest BCUT2D eigenvalue weighted by atomic mass is 10.1. The number of hydrogen-bond donors (Lipinski definition) is 1. The highest BCUT2D eigenvalue weighted by atomic mass is 35.5. The minimum absolute atomic E-state index is 0.649. The summed E-state index contributed by atoms with van der Waals surface area (Å²) in [5.41, 5.74) is 9.28. The maximum atomic E-state index is 5.86. The normalized spacial score (nSPS) is 13.3. The van der Waals surface area contributed by atoms with E-state index in [4.69, 9.17) is 22.1 Å². The molecule has 0 atom stereocenters. The van der Waals surface area contributed by atoms with Gasteiger partial charge in [-0.2, -0.15) is 0 Å². The highest BCUT2D eigenvalue weighted by Gasteiger charge is 2.18. The first-order valence-corrected chi connectivity index (χ1v) is 7.12. The summed E-state index contributed by atoms with van der Waals surface area (Å²) in [5.74, 6) is 0.849. The number of benzene rings is 2. The van der Waals surface area contributed by atoms with Gasteiger partial charge < -0.3 is 15.4 Å². The van der Waals surface area contributed by atoms with Gasteiger partial charge in [-0.3, -0.25) is 0 Å². The van der Waals surface area contributed by atoms with Gasteiger partial charge in [-0.1, -0.05) is 17.7 Å². The van der Waals surface area contributed by atoms with Crippen LogP contribution < -0.4 is 15.4 Å². The summed E-state index contributed by atoms with van der Waals surface area (Å²) in [6, 6.07) is 13.6. The van der Waals surface area contributed by atoms with Crippen molar-refractivity contribution >= 4 is 23.0 Å². The second kappa shape index (κ2) is 5.63. The average Bonchev–Trinajstić information content (AvgIpc) is 2.84. The molecule has 0 amide bonds. The second-order valence-corrected chi connectivity index (χ2v) is 5.36. The lowest BCUT2D eigenvalue weighted by Gasteiger charge is -2.19. The monoisotopic (exact) mass is 288 g/mol. The molecule has 0 saturated heterocycles. The molecule has 2 N–H and O–H groups in total. The second-order valence-electron chi connectivity index (χ2n) is 4.93. The molecule has 1 aliphatic heterocycles. The summed E-state index contributed by atoms with van der Waals surface area (Å²) in [6.45, 7) is 2.54. The number of nitrogen functional groups attached to an aromatic ring is 1. The van der Waals surface area contributed by atoms with Crippen molar-refractivity contribution in [1.29, 1.82) is 0 Å². The Labute approximate surface area is 123 Å². The highest BCUT2D eigenvalue weighted by Crippen LogP contribution is 2.29. The van der Waals surface area contributed by atoms with Crippen LogP contribution in [0.1, 0.15) is 5.56 Å². The van der Waals surface area contributed by atoms with Gasteiger partial charge in [0.1, 0.15) is 12.4 Å². The lowest BCUT2D eigenvalue weighted by Crippen LogP contribution is -2.26. The Hall–Kier alpha value is -1.87. The quantitative estimate of drug-likeness (QED) is 0.877. The molecule has 3 nitrogen and oxygen atoms in total. The van der Waals surface area contributed by atoms with Gasteiger partial charge in [0.15, 0.2) is 0 Å². The number of halogens is 1. The molecule has 0 spiro atoms. The largest absolute Gasteiger partial charge is 0.492 e. The van der Waals surface area contributed by atoms with Gasteiger partial charge in [-0.15, -0.1) is 0 Å². The molecule has 20 heavy (non-hydrogen) atoms. The Balaban J connectivity index is 1.58. The third-order valence-corrected chi connectivity index (χ3v) is 3.80. The SMILES string of the molecule is Nc1ccc2c(c1)N(CCOc1ccc(Cl)cc1)CC2. The van der Waals surface area contributed by atoms with Crippen LogP contribution in [0.3, 0.4) is 0 Å². The molecule has 3 rings (SSSR count). The Morgan fingerprint density at radius 2 is 1.95 bits per heavy atom. The van der Waals surface area contributed by atoms with Crippen LogP contribution in [-0.2, 0) is 6.42 Å². The van der Waals surface area contributed by atoms with Crippen molar-refractivity contribution in [2.45, 2.75) is 6.42 Å². The van der Waals surface area contributed by atoms with Crippen molar-refractivity contribution in [1.82, 2.24) is 0 Å². The van der Waals surface area contributed by atoms with Crippen molar-refractivity contribution in [3.05, 3.63) is 53.1 Å². The lowest BCUT2D eigenvalue weighted by molar-refractivity contribution is 0.324. The first-order chi connectivity index (χ1) is 9.72. The van der Waals surface area contributed by atoms with Crippen LogP contribution in [0.25, 0.3) is 0 Å². The summed E-state index contributed by atoms with van der Waals surface area (Å²) >= 11 is 5.84. The smallest absolute Gasteiger partial charge is 0.119 e. The van der Waals surface area contributed by atoms with Crippen molar-refractivity contribution in [3.8, 4) is 5.75 Å². The van der Waals surface area contributed by atoms with Crippen molar-refractivity contribution in [3.63, 3.8) is 0 Å². The number of anilines is 2. The maximum Gasteiger partial charge on any atom is 0.119 e. The standard InChI is InChI=1S/C16H17ClN2O/c17-13-2-5-15(6-3-13)20-10-9-19-8-7-12-1-4-14(18)11-16(12)19/h1-6,11H,7-10,18H2. The molecular formula is C16H17ClN2O. The van der Waals surface area contributed by atoms with Crippen LogP contribution in [0.2, 0.25) is 5.02 Å². The fourth-order valence-corrected chi connectivity index (χ4v) is 2.63. The zero-order valence-corrected chi connectivity index (χ0v) is 11.9. The Kier molecular flexibility index (Phi) is 3.70. The first kappa shape index (κ1) is 13.1. The van der Waals surface area contributed by atoms with E-state index < -0.39 is 0 Å². The first-order valence-electron chi connectivity index (χ1n) is 6.74. The van der Waals surface area contributed by atoms with Crippen LogP contribution in [-0.4, -0.2) is 19.7 Å². The molecule has 0 radical (unpaired) electrons. The van der Waals surface area contributed by atoms with Gasteiger partial charge >= 0.3 is 0 Å². The van der Waals surface area contributed by atoms with Gasteiger partial charge in [0.2, 0.25) is 0 Å². The van der Waals surface area contributed by atoms with Gasteiger partial charge in [0, 0.05) is 22.9 Å². The molecule has 2 aromatic carbocycles. The molecular weight excluding hydrogens is 272 g/mol. The average molecular weight is 289 g/mol. The molecule has 104 valence electrons.